The van der Waals surface area contributed by atoms with Gasteiger partial charge in [0.1, 0.15) is 12.2 Å². The van der Waals surface area contributed by atoms with Gasteiger partial charge in [0.15, 0.2) is 0 Å². The molecule has 0 radical (unpaired) electrons. The summed E-state index contributed by atoms with van der Waals surface area (Å²) in [7, 11) is 0. The fourth-order valence-corrected chi connectivity index (χ4v) is 1.49. The molecular weight excluding hydrogens is 225 g/mol. The maximum atomic E-state index is 12.6. The van der Waals surface area contributed by atoms with Gasteiger partial charge >= 0.3 is 5.97 Å². The topological polar surface area (TPSA) is 66.4 Å². The highest BCUT2D eigenvalue weighted by atomic mass is 19.1. The number of aliphatic carboxylic acids is 1. The molecule has 0 fully saturated rings. The number of rotatable bonds is 5. The van der Waals surface area contributed by atoms with Crippen LogP contribution in [0.3, 0.4) is 0 Å². The quantitative estimate of drug-likeness (QED) is 0.762. The maximum Gasteiger partial charge on any atom is 0.312 e. The van der Waals surface area contributed by atoms with Crippen LogP contribution in [-0.4, -0.2) is 23.0 Å². The summed E-state index contributed by atoms with van der Waals surface area (Å²) in [5.74, 6) is -1.99. The second kappa shape index (κ2) is 5.98. The summed E-state index contributed by atoms with van der Waals surface area (Å²) in [6.07, 6.45) is -0.000598. The molecule has 0 bridgehead atoms. The molecule has 0 aliphatic carbocycles. The number of hydrogen-bond acceptors (Lipinski definition) is 2. The molecule has 0 aliphatic heterocycles. The van der Waals surface area contributed by atoms with Crippen LogP contribution in [0.1, 0.15) is 18.9 Å². The van der Waals surface area contributed by atoms with E-state index in [0.29, 0.717) is 6.42 Å². The first-order chi connectivity index (χ1) is 7.97. The largest absolute Gasteiger partial charge is 0.481 e. The molecule has 0 saturated carbocycles. The normalized spacial score (nSPS) is 11.9. The average Bonchev–Trinajstić information content (AvgIpc) is 2.19. The Balaban J connectivity index is 2.44. The van der Waals surface area contributed by atoms with Gasteiger partial charge in [-0.1, -0.05) is 12.1 Å². The minimum atomic E-state index is -1.16. The van der Waals surface area contributed by atoms with Crippen molar-refractivity contribution in [3.63, 3.8) is 0 Å². The molecule has 0 aliphatic rings. The zero-order valence-electron chi connectivity index (χ0n) is 9.44. The van der Waals surface area contributed by atoms with E-state index in [1.807, 2.05) is 0 Å². The van der Waals surface area contributed by atoms with Gasteiger partial charge in [-0.3, -0.25) is 9.59 Å². The molecule has 1 atom stereocenters. The average molecular weight is 239 g/mol. The minimum Gasteiger partial charge on any atom is -0.481 e. The third-order valence-electron chi connectivity index (χ3n) is 2.17. The Bertz CT molecular complexity index is 403. The summed E-state index contributed by atoms with van der Waals surface area (Å²) in [6.45, 7) is 1.77. The minimum absolute atomic E-state index is 0.188. The van der Waals surface area contributed by atoms with E-state index in [2.05, 4.69) is 5.32 Å². The molecule has 4 nitrogen and oxygen atoms in total. The molecule has 1 amide bonds. The molecular formula is C12H14FNO3. The first kappa shape index (κ1) is 13.2. The third-order valence-corrected chi connectivity index (χ3v) is 2.17. The second-order valence-electron chi connectivity index (χ2n) is 3.87. The molecule has 5 heteroatoms. The fourth-order valence-electron chi connectivity index (χ4n) is 1.49. The summed E-state index contributed by atoms with van der Waals surface area (Å²) in [4.78, 5) is 21.4. The molecule has 0 heterocycles. The number of carboxylic acids is 1. The Kier molecular flexibility index (Phi) is 4.63. The van der Waals surface area contributed by atoms with E-state index in [1.54, 1.807) is 19.1 Å². The molecule has 1 aromatic carbocycles. The van der Waals surface area contributed by atoms with Crippen LogP contribution in [0.25, 0.3) is 0 Å². The standard InChI is InChI=1S/C12H14FNO3/c1-8(14-11(15)7-12(16)17)6-9-2-4-10(13)5-3-9/h2-5,8H,6-7H2,1H3,(H,14,15)(H,16,17). The number of halogens is 1. The van der Waals surface area contributed by atoms with Gasteiger partial charge in [0.2, 0.25) is 5.91 Å². The molecule has 1 aromatic rings. The number of hydrogen-bond donors (Lipinski definition) is 2. The van der Waals surface area contributed by atoms with Gasteiger partial charge in [-0.2, -0.15) is 0 Å². The van der Waals surface area contributed by atoms with Crippen LogP contribution in [-0.2, 0) is 16.0 Å². The summed E-state index contributed by atoms with van der Waals surface area (Å²) in [5, 5.41) is 11.0. The predicted octanol–water partition coefficient (Wildman–Crippen LogP) is 1.35. The van der Waals surface area contributed by atoms with E-state index in [-0.39, 0.29) is 11.9 Å². The smallest absolute Gasteiger partial charge is 0.312 e. The Morgan fingerprint density at radius 1 is 1.35 bits per heavy atom. The number of nitrogens with one attached hydrogen (secondary N) is 1. The van der Waals surface area contributed by atoms with E-state index >= 15 is 0 Å². The van der Waals surface area contributed by atoms with Crippen LogP contribution in [0.15, 0.2) is 24.3 Å². The number of carbonyl (C=O) groups excluding carboxylic acids is 1. The number of benzene rings is 1. The molecule has 0 saturated heterocycles. The van der Waals surface area contributed by atoms with Crippen molar-refractivity contribution in [2.24, 2.45) is 0 Å². The van der Waals surface area contributed by atoms with Crippen molar-refractivity contribution in [2.75, 3.05) is 0 Å². The van der Waals surface area contributed by atoms with Crippen LogP contribution in [0.4, 0.5) is 4.39 Å². The van der Waals surface area contributed by atoms with Gasteiger partial charge in [0, 0.05) is 6.04 Å². The van der Waals surface area contributed by atoms with E-state index < -0.39 is 18.3 Å². The van der Waals surface area contributed by atoms with Crippen LogP contribution in [0.2, 0.25) is 0 Å². The highest BCUT2D eigenvalue weighted by Gasteiger charge is 2.11. The van der Waals surface area contributed by atoms with Crippen LogP contribution >= 0.6 is 0 Å². The predicted molar refractivity (Wildman–Crippen MR) is 60.0 cm³/mol. The summed E-state index contributed by atoms with van der Waals surface area (Å²) < 4.78 is 12.6. The van der Waals surface area contributed by atoms with Crippen molar-refractivity contribution < 1.29 is 19.1 Å². The Morgan fingerprint density at radius 3 is 2.47 bits per heavy atom. The van der Waals surface area contributed by atoms with Crippen molar-refractivity contribution >= 4 is 11.9 Å². The van der Waals surface area contributed by atoms with Gasteiger partial charge in [0.05, 0.1) is 0 Å². The SMILES string of the molecule is CC(Cc1ccc(F)cc1)NC(=O)CC(=O)O. The van der Waals surface area contributed by atoms with Crippen LogP contribution in [0, 0.1) is 5.82 Å². The lowest BCUT2D eigenvalue weighted by molar-refractivity contribution is -0.140. The number of amides is 1. The summed E-state index contributed by atoms with van der Waals surface area (Å²) in [5.41, 5.74) is 0.884. The van der Waals surface area contributed by atoms with Gasteiger partial charge in [-0.15, -0.1) is 0 Å². The molecule has 0 spiro atoms. The molecule has 92 valence electrons. The molecule has 1 rings (SSSR count). The van der Waals surface area contributed by atoms with Crippen molar-refractivity contribution in [3.05, 3.63) is 35.6 Å². The van der Waals surface area contributed by atoms with Gasteiger partial charge in [-0.25, -0.2) is 4.39 Å². The Morgan fingerprint density at radius 2 is 1.94 bits per heavy atom. The lowest BCUT2D eigenvalue weighted by Crippen LogP contribution is -2.35. The number of carbonyl (C=O) groups is 2. The van der Waals surface area contributed by atoms with Gasteiger partial charge < -0.3 is 10.4 Å². The van der Waals surface area contributed by atoms with Gasteiger partial charge in [-0.05, 0) is 31.0 Å². The van der Waals surface area contributed by atoms with Crippen molar-refractivity contribution in [1.29, 1.82) is 0 Å². The zero-order valence-corrected chi connectivity index (χ0v) is 9.44. The third kappa shape index (κ3) is 5.10. The second-order valence-corrected chi connectivity index (χ2v) is 3.87. The van der Waals surface area contributed by atoms with E-state index in [1.165, 1.54) is 12.1 Å². The van der Waals surface area contributed by atoms with Gasteiger partial charge in [0.25, 0.3) is 0 Å². The highest BCUT2D eigenvalue weighted by Crippen LogP contribution is 2.05. The van der Waals surface area contributed by atoms with Crippen LogP contribution < -0.4 is 5.32 Å². The van der Waals surface area contributed by atoms with Crippen molar-refractivity contribution in [3.8, 4) is 0 Å². The summed E-state index contributed by atoms with van der Waals surface area (Å²) >= 11 is 0. The fraction of sp³-hybridized carbons (Fsp3) is 0.333. The molecule has 17 heavy (non-hydrogen) atoms. The molecule has 1 unspecified atom stereocenters. The van der Waals surface area contributed by atoms with Crippen molar-refractivity contribution in [1.82, 2.24) is 5.32 Å². The number of carboxylic acid groups (broad SMARTS) is 1. The molecule has 2 N–H and O–H groups in total. The van der Waals surface area contributed by atoms with E-state index in [9.17, 15) is 14.0 Å². The highest BCUT2D eigenvalue weighted by molar-refractivity contribution is 5.93. The first-order valence-electron chi connectivity index (χ1n) is 5.23. The molecule has 0 aromatic heterocycles. The van der Waals surface area contributed by atoms with E-state index in [0.717, 1.165) is 5.56 Å². The Labute approximate surface area is 98.5 Å². The van der Waals surface area contributed by atoms with E-state index in [4.69, 9.17) is 5.11 Å². The van der Waals surface area contributed by atoms with Crippen LogP contribution in [0.5, 0.6) is 0 Å². The van der Waals surface area contributed by atoms with Crippen molar-refractivity contribution in [2.45, 2.75) is 25.8 Å². The monoisotopic (exact) mass is 239 g/mol. The lowest BCUT2D eigenvalue weighted by atomic mass is 10.1. The maximum absolute atomic E-state index is 12.6. The Hall–Kier alpha value is -1.91. The zero-order chi connectivity index (χ0) is 12.8. The summed E-state index contributed by atoms with van der Waals surface area (Å²) in [6, 6.07) is 5.78. The first-order valence-corrected chi connectivity index (χ1v) is 5.23. The lowest BCUT2D eigenvalue weighted by Gasteiger charge is -2.13.